The highest BCUT2D eigenvalue weighted by Crippen LogP contribution is 2.28. The third-order valence-corrected chi connectivity index (χ3v) is 3.24. The number of phenolic OH excluding ortho intramolecular Hbond substituents is 1. The van der Waals surface area contributed by atoms with Crippen LogP contribution in [-0.2, 0) is 0 Å². The molecule has 0 fully saturated rings. The molecular formula is C17H16N2O4. The summed E-state index contributed by atoms with van der Waals surface area (Å²) in [6, 6.07) is 10.8. The summed E-state index contributed by atoms with van der Waals surface area (Å²) < 4.78 is 0. The average molecular weight is 312 g/mol. The number of rotatable bonds is 5. The molecule has 23 heavy (non-hydrogen) atoms. The summed E-state index contributed by atoms with van der Waals surface area (Å²) in [5.74, 6) is -0.282. The Morgan fingerprint density at radius 2 is 1.96 bits per heavy atom. The zero-order chi connectivity index (χ0) is 17.0. The Balaban J connectivity index is 2.27. The molecule has 2 aromatic rings. The maximum atomic E-state index is 12.0. The van der Waals surface area contributed by atoms with Crippen molar-refractivity contribution < 1.29 is 14.8 Å². The summed E-state index contributed by atoms with van der Waals surface area (Å²) >= 11 is 0. The second kappa shape index (κ2) is 6.74. The lowest BCUT2D eigenvalue weighted by Crippen LogP contribution is -2.10. The molecule has 0 amide bonds. The summed E-state index contributed by atoms with van der Waals surface area (Å²) in [5, 5.41) is 20.5. The van der Waals surface area contributed by atoms with Gasteiger partial charge in [-0.05, 0) is 29.8 Å². The number of nitro benzene ring substituents is 1. The van der Waals surface area contributed by atoms with Gasteiger partial charge in [0.05, 0.1) is 4.92 Å². The molecule has 0 saturated carbocycles. The minimum atomic E-state index is -0.455. The lowest BCUT2D eigenvalue weighted by atomic mass is 10.1. The van der Waals surface area contributed by atoms with Crippen molar-refractivity contribution in [3.63, 3.8) is 0 Å². The first-order valence-corrected chi connectivity index (χ1v) is 6.85. The van der Waals surface area contributed by atoms with Crippen molar-refractivity contribution in [1.82, 2.24) is 0 Å². The molecule has 0 spiro atoms. The predicted molar refractivity (Wildman–Crippen MR) is 88.9 cm³/mol. The van der Waals surface area contributed by atoms with Crippen molar-refractivity contribution in [2.75, 3.05) is 19.0 Å². The van der Waals surface area contributed by atoms with E-state index in [0.29, 0.717) is 16.8 Å². The Hall–Kier alpha value is -3.15. The Bertz CT molecular complexity index is 782. The van der Waals surface area contributed by atoms with E-state index >= 15 is 0 Å². The molecule has 0 heterocycles. The van der Waals surface area contributed by atoms with Crippen LogP contribution in [0.2, 0.25) is 0 Å². The molecule has 118 valence electrons. The molecule has 0 radical (unpaired) electrons. The van der Waals surface area contributed by atoms with E-state index in [1.807, 2.05) is 0 Å². The van der Waals surface area contributed by atoms with Crippen LogP contribution in [0.5, 0.6) is 5.75 Å². The molecule has 0 aliphatic carbocycles. The molecule has 2 rings (SSSR count). The number of benzene rings is 2. The third kappa shape index (κ3) is 3.94. The van der Waals surface area contributed by atoms with E-state index in [9.17, 15) is 20.0 Å². The van der Waals surface area contributed by atoms with Gasteiger partial charge in [0.1, 0.15) is 11.4 Å². The summed E-state index contributed by atoms with van der Waals surface area (Å²) in [7, 11) is 3.45. The number of hydrogen-bond donors (Lipinski definition) is 1. The number of carbonyl (C=O) groups is 1. The number of carbonyl (C=O) groups excluding carboxylic acids is 1. The lowest BCUT2D eigenvalue weighted by molar-refractivity contribution is -0.384. The fourth-order valence-corrected chi connectivity index (χ4v) is 2.10. The minimum absolute atomic E-state index is 0.00947. The van der Waals surface area contributed by atoms with Crippen LogP contribution in [-0.4, -0.2) is 29.9 Å². The highest BCUT2D eigenvalue weighted by molar-refractivity contribution is 6.07. The predicted octanol–water partition coefficient (Wildman–Crippen LogP) is 3.26. The Morgan fingerprint density at radius 3 is 2.57 bits per heavy atom. The van der Waals surface area contributed by atoms with Crippen molar-refractivity contribution in [2.45, 2.75) is 0 Å². The van der Waals surface area contributed by atoms with Gasteiger partial charge in [-0.3, -0.25) is 14.9 Å². The van der Waals surface area contributed by atoms with Gasteiger partial charge < -0.3 is 10.0 Å². The smallest absolute Gasteiger partial charge is 0.293 e. The van der Waals surface area contributed by atoms with Gasteiger partial charge in [0.25, 0.3) is 5.69 Å². The summed E-state index contributed by atoms with van der Waals surface area (Å²) in [6.45, 7) is 0. The van der Waals surface area contributed by atoms with Crippen molar-refractivity contribution in [3.8, 4) is 5.75 Å². The Labute approximate surface area is 133 Å². The van der Waals surface area contributed by atoms with Crippen LogP contribution >= 0.6 is 0 Å². The normalized spacial score (nSPS) is 10.7. The van der Waals surface area contributed by atoms with Gasteiger partial charge in [0.15, 0.2) is 5.78 Å². The second-order valence-electron chi connectivity index (χ2n) is 5.15. The molecule has 0 saturated heterocycles. The molecule has 0 bridgehead atoms. The Morgan fingerprint density at radius 1 is 1.22 bits per heavy atom. The first kappa shape index (κ1) is 16.2. The van der Waals surface area contributed by atoms with E-state index in [4.69, 9.17) is 0 Å². The average Bonchev–Trinajstić information content (AvgIpc) is 2.52. The SMILES string of the molecule is CN(C)c1ccc(/C=C/C(=O)c2cccc(O)c2)cc1[N+](=O)[O-]. The summed E-state index contributed by atoms with van der Waals surface area (Å²) in [6.07, 6.45) is 2.84. The van der Waals surface area contributed by atoms with Gasteiger partial charge in [-0.15, -0.1) is 0 Å². The zero-order valence-electron chi connectivity index (χ0n) is 12.8. The second-order valence-corrected chi connectivity index (χ2v) is 5.15. The monoisotopic (exact) mass is 312 g/mol. The highest BCUT2D eigenvalue weighted by atomic mass is 16.6. The number of nitrogens with zero attached hydrogens (tertiary/aromatic N) is 2. The molecular weight excluding hydrogens is 296 g/mol. The van der Waals surface area contributed by atoms with Gasteiger partial charge in [-0.25, -0.2) is 0 Å². The first-order chi connectivity index (χ1) is 10.9. The van der Waals surface area contributed by atoms with Crippen molar-refractivity contribution in [2.24, 2.45) is 0 Å². The molecule has 0 aliphatic rings. The number of anilines is 1. The maximum absolute atomic E-state index is 12.0. The van der Waals surface area contributed by atoms with Crippen LogP contribution in [0.4, 0.5) is 11.4 Å². The van der Waals surface area contributed by atoms with E-state index in [1.165, 1.54) is 30.4 Å². The molecule has 0 unspecified atom stereocenters. The number of allylic oxidation sites excluding steroid dienone is 1. The lowest BCUT2D eigenvalue weighted by Gasteiger charge is -2.12. The van der Waals surface area contributed by atoms with Crippen LogP contribution in [0.1, 0.15) is 15.9 Å². The van der Waals surface area contributed by atoms with Gasteiger partial charge in [0, 0.05) is 25.7 Å². The zero-order valence-corrected chi connectivity index (χ0v) is 12.8. The number of aromatic hydroxyl groups is 1. The molecule has 6 nitrogen and oxygen atoms in total. The topological polar surface area (TPSA) is 83.7 Å². The molecule has 0 aromatic heterocycles. The molecule has 2 aromatic carbocycles. The fraction of sp³-hybridized carbons (Fsp3) is 0.118. The van der Waals surface area contributed by atoms with Gasteiger partial charge in [0.2, 0.25) is 0 Å². The van der Waals surface area contributed by atoms with Crippen molar-refractivity contribution in [1.29, 1.82) is 0 Å². The molecule has 0 aliphatic heterocycles. The van der Waals surface area contributed by atoms with Crippen LogP contribution in [0.25, 0.3) is 6.08 Å². The highest BCUT2D eigenvalue weighted by Gasteiger charge is 2.15. The van der Waals surface area contributed by atoms with Crippen LogP contribution in [0.15, 0.2) is 48.5 Å². The number of nitro groups is 1. The van der Waals surface area contributed by atoms with E-state index in [-0.39, 0.29) is 17.2 Å². The van der Waals surface area contributed by atoms with Crippen LogP contribution in [0, 0.1) is 10.1 Å². The summed E-state index contributed by atoms with van der Waals surface area (Å²) in [5.41, 5.74) is 1.37. The van der Waals surface area contributed by atoms with Gasteiger partial charge in [-0.1, -0.05) is 24.3 Å². The maximum Gasteiger partial charge on any atom is 0.293 e. The molecule has 6 heteroatoms. The van der Waals surface area contributed by atoms with E-state index in [1.54, 1.807) is 43.3 Å². The number of phenols is 1. The van der Waals surface area contributed by atoms with Gasteiger partial charge >= 0.3 is 0 Å². The van der Waals surface area contributed by atoms with Gasteiger partial charge in [-0.2, -0.15) is 0 Å². The largest absolute Gasteiger partial charge is 0.508 e. The third-order valence-electron chi connectivity index (χ3n) is 3.24. The van der Waals surface area contributed by atoms with Crippen molar-refractivity contribution >= 4 is 23.2 Å². The number of ketones is 1. The van der Waals surface area contributed by atoms with E-state index in [0.717, 1.165) is 0 Å². The van der Waals surface area contributed by atoms with Crippen LogP contribution in [0.3, 0.4) is 0 Å². The van der Waals surface area contributed by atoms with Crippen molar-refractivity contribution in [3.05, 3.63) is 69.8 Å². The molecule has 1 N–H and O–H groups in total. The van der Waals surface area contributed by atoms with E-state index < -0.39 is 4.92 Å². The standard InChI is InChI=1S/C17H16N2O4/c1-18(2)15-8-6-12(10-16(15)19(22)23)7-9-17(21)13-4-3-5-14(20)11-13/h3-11,20H,1-2H3/b9-7+. The first-order valence-electron chi connectivity index (χ1n) is 6.85. The number of hydrogen-bond acceptors (Lipinski definition) is 5. The molecule has 0 atom stereocenters. The van der Waals surface area contributed by atoms with Crippen LogP contribution < -0.4 is 4.90 Å². The Kier molecular flexibility index (Phi) is 4.75. The summed E-state index contributed by atoms with van der Waals surface area (Å²) in [4.78, 5) is 24.4. The quantitative estimate of drug-likeness (QED) is 0.396. The van der Waals surface area contributed by atoms with E-state index in [2.05, 4.69) is 0 Å². The fourth-order valence-electron chi connectivity index (χ4n) is 2.10. The minimum Gasteiger partial charge on any atom is -0.508 e.